The molecule has 3 nitrogen and oxygen atoms in total. The zero-order chi connectivity index (χ0) is 15.1. The van der Waals surface area contributed by atoms with Crippen LogP contribution in [0.15, 0.2) is 18.2 Å². The Balaban J connectivity index is 2.79. The van der Waals surface area contributed by atoms with E-state index in [4.69, 9.17) is 5.26 Å². The number of amides is 1. The summed E-state index contributed by atoms with van der Waals surface area (Å²) in [5.41, 5.74) is 3.40. The summed E-state index contributed by atoms with van der Waals surface area (Å²) in [5, 5.41) is 8.71. The van der Waals surface area contributed by atoms with Gasteiger partial charge in [-0.2, -0.15) is 5.26 Å². The van der Waals surface area contributed by atoms with Crippen molar-refractivity contribution in [1.82, 2.24) is 4.90 Å². The highest BCUT2D eigenvalue weighted by Gasteiger charge is 2.16. The normalized spacial score (nSPS) is 10.4. The molecule has 0 saturated carbocycles. The van der Waals surface area contributed by atoms with Crippen molar-refractivity contribution in [3.8, 4) is 6.07 Å². The fraction of sp³-hybridized carbons (Fsp3) is 0.529. The summed E-state index contributed by atoms with van der Waals surface area (Å²) in [6.45, 7) is 9.48. The summed E-state index contributed by atoms with van der Waals surface area (Å²) in [6, 6.07) is 8.31. The van der Waals surface area contributed by atoms with Gasteiger partial charge in [-0.25, -0.2) is 0 Å². The van der Waals surface area contributed by atoms with E-state index in [-0.39, 0.29) is 5.91 Å². The minimum atomic E-state index is 0.114. The summed E-state index contributed by atoms with van der Waals surface area (Å²) in [7, 11) is 0. The molecule has 0 bridgehead atoms. The summed E-state index contributed by atoms with van der Waals surface area (Å²) in [4.78, 5) is 14.2. The van der Waals surface area contributed by atoms with Crippen LogP contribution in [0.3, 0.4) is 0 Å². The molecule has 0 aliphatic heterocycles. The Bertz CT molecular complexity index is 500. The van der Waals surface area contributed by atoms with Crippen molar-refractivity contribution in [3.05, 3.63) is 34.9 Å². The minimum absolute atomic E-state index is 0.114. The summed E-state index contributed by atoms with van der Waals surface area (Å²) >= 11 is 0. The van der Waals surface area contributed by atoms with Gasteiger partial charge in [0.05, 0.1) is 18.9 Å². The minimum Gasteiger partial charge on any atom is -0.341 e. The number of hydrogen-bond donors (Lipinski definition) is 0. The molecule has 0 unspecified atom stereocenters. The first-order valence-electron chi connectivity index (χ1n) is 7.15. The van der Waals surface area contributed by atoms with E-state index >= 15 is 0 Å². The molecule has 3 heteroatoms. The lowest BCUT2D eigenvalue weighted by molar-refractivity contribution is -0.130. The molecule has 1 amide bonds. The molecule has 0 aliphatic rings. The van der Waals surface area contributed by atoms with E-state index in [0.717, 1.165) is 11.1 Å². The quantitative estimate of drug-likeness (QED) is 0.798. The average molecular weight is 272 g/mol. The van der Waals surface area contributed by atoms with Crippen LogP contribution in [0.25, 0.3) is 0 Å². The number of nitriles is 1. The average Bonchev–Trinajstić information content (AvgIpc) is 2.38. The van der Waals surface area contributed by atoms with Crippen molar-refractivity contribution in [1.29, 1.82) is 5.26 Å². The van der Waals surface area contributed by atoms with E-state index in [1.165, 1.54) is 5.56 Å². The SMILES string of the molecule is Cc1ccc(C)c(CC(=O)N(CCC#N)CC(C)C)c1. The lowest BCUT2D eigenvalue weighted by Crippen LogP contribution is -2.36. The molecule has 20 heavy (non-hydrogen) atoms. The Morgan fingerprint density at radius 1 is 1.35 bits per heavy atom. The van der Waals surface area contributed by atoms with Gasteiger partial charge in [-0.1, -0.05) is 37.6 Å². The highest BCUT2D eigenvalue weighted by Crippen LogP contribution is 2.13. The molecule has 0 heterocycles. The standard InChI is InChI=1S/C17H24N2O/c1-13(2)12-19(9-5-8-18)17(20)11-16-10-14(3)6-7-15(16)4/h6-7,10,13H,5,9,11-12H2,1-4H3. The molecule has 1 rings (SSSR count). The van der Waals surface area contributed by atoms with Gasteiger partial charge in [0, 0.05) is 13.1 Å². The first-order chi connectivity index (χ1) is 9.43. The van der Waals surface area contributed by atoms with Crippen molar-refractivity contribution in [3.63, 3.8) is 0 Å². The number of rotatable bonds is 6. The molecular formula is C17H24N2O. The molecular weight excluding hydrogens is 248 g/mol. The van der Waals surface area contributed by atoms with Crippen molar-refractivity contribution < 1.29 is 4.79 Å². The van der Waals surface area contributed by atoms with Gasteiger partial charge < -0.3 is 4.90 Å². The van der Waals surface area contributed by atoms with E-state index in [0.29, 0.717) is 31.8 Å². The van der Waals surface area contributed by atoms with Crippen molar-refractivity contribution in [2.75, 3.05) is 13.1 Å². The van der Waals surface area contributed by atoms with Gasteiger partial charge >= 0.3 is 0 Å². The second-order valence-corrected chi connectivity index (χ2v) is 5.75. The van der Waals surface area contributed by atoms with E-state index in [1.807, 2.05) is 18.7 Å². The van der Waals surface area contributed by atoms with Crippen molar-refractivity contribution >= 4 is 5.91 Å². The largest absolute Gasteiger partial charge is 0.341 e. The Hall–Kier alpha value is -1.82. The molecule has 1 aromatic carbocycles. The van der Waals surface area contributed by atoms with Gasteiger partial charge in [0.2, 0.25) is 5.91 Å². The molecule has 0 spiro atoms. The van der Waals surface area contributed by atoms with Crippen LogP contribution in [-0.2, 0) is 11.2 Å². The van der Waals surface area contributed by atoms with Gasteiger partial charge in [-0.3, -0.25) is 4.79 Å². The lowest BCUT2D eigenvalue weighted by Gasteiger charge is -2.24. The highest BCUT2D eigenvalue weighted by molar-refractivity contribution is 5.79. The summed E-state index contributed by atoms with van der Waals surface area (Å²) < 4.78 is 0. The highest BCUT2D eigenvalue weighted by atomic mass is 16.2. The van der Waals surface area contributed by atoms with E-state index < -0.39 is 0 Å². The predicted molar refractivity (Wildman–Crippen MR) is 81.3 cm³/mol. The predicted octanol–water partition coefficient (Wildman–Crippen LogP) is 3.24. The third kappa shape index (κ3) is 5.05. The van der Waals surface area contributed by atoms with Gasteiger partial charge in [0.15, 0.2) is 0 Å². The fourth-order valence-electron chi connectivity index (χ4n) is 2.21. The maximum Gasteiger partial charge on any atom is 0.227 e. The zero-order valence-corrected chi connectivity index (χ0v) is 12.9. The Kier molecular flexibility index (Phi) is 6.24. The summed E-state index contributed by atoms with van der Waals surface area (Å²) in [5.74, 6) is 0.527. The number of benzene rings is 1. The first-order valence-corrected chi connectivity index (χ1v) is 7.15. The van der Waals surface area contributed by atoms with Crippen LogP contribution in [0.2, 0.25) is 0 Å². The third-order valence-corrected chi connectivity index (χ3v) is 3.28. The molecule has 0 atom stereocenters. The molecule has 0 radical (unpaired) electrons. The lowest BCUT2D eigenvalue weighted by atomic mass is 10.0. The monoisotopic (exact) mass is 272 g/mol. The van der Waals surface area contributed by atoms with Crippen LogP contribution in [0.4, 0.5) is 0 Å². The van der Waals surface area contributed by atoms with Gasteiger partial charge in [0.1, 0.15) is 0 Å². The van der Waals surface area contributed by atoms with E-state index in [9.17, 15) is 4.79 Å². The number of carbonyl (C=O) groups excluding carboxylic acids is 1. The topological polar surface area (TPSA) is 44.1 Å². The van der Waals surface area contributed by atoms with Crippen LogP contribution in [0.5, 0.6) is 0 Å². The molecule has 0 saturated heterocycles. The van der Waals surface area contributed by atoms with Crippen molar-refractivity contribution in [2.45, 2.75) is 40.5 Å². The first kappa shape index (κ1) is 16.2. The van der Waals surface area contributed by atoms with Crippen LogP contribution < -0.4 is 0 Å². The molecule has 0 aliphatic carbocycles. The molecule has 0 fully saturated rings. The Labute approximate surface area is 122 Å². The van der Waals surface area contributed by atoms with Gasteiger partial charge in [0.25, 0.3) is 0 Å². The maximum atomic E-state index is 12.4. The molecule has 108 valence electrons. The van der Waals surface area contributed by atoms with Crippen LogP contribution in [0, 0.1) is 31.1 Å². The van der Waals surface area contributed by atoms with Crippen LogP contribution in [0.1, 0.15) is 37.0 Å². The maximum absolute atomic E-state index is 12.4. The number of hydrogen-bond acceptors (Lipinski definition) is 2. The van der Waals surface area contributed by atoms with E-state index in [1.54, 1.807) is 0 Å². The number of carbonyl (C=O) groups is 1. The summed E-state index contributed by atoms with van der Waals surface area (Å²) in [6.07, 6.45) is 0.816. The number of nitrogens with zero attached hydrogens (tertiary/aromatic N) is 2. The smallest absolute Gasteiger partial charge is 0.227 e. The molecule has 0 N–H and O–H groups in total. The third-order valence-electron chi connectivity index (χ3n) is 3.28. The Morgan fingerprint density at radius 2 is 2.05 bits per heavy atom. The van der Waals surface area contributed by atoms with E-state index in [2.05, 4.69) is 38.1 Å². The molecule has 1 aromatic rings. The second kappa shape index (κ2) is 7.69. The Morgan fingerprint density at radius 3 is 2.65 bits per heavy atom. The van der Waals surface area contributed by atoms with Gasteiger partial charge in [-0.15, -0.1) is 0 Å². The van der Waals surface area contributed by atoms with Crippen LogP contribution in [-0.4, -0.2) is 23.9 Å². The van der Waals surface area contributed by atoms with Crippen molar-refractivity contribution in [2.24, 2.45) is 5.92 Å². The van der Waals surface area contributed by atoms with Gasteiger partial charge in [-0.05, 0) is 30.9 Å². The second-order valence-electron chi connectivity index (χ2n) is 5.75. The number of aryl methyl sites for hydroxylation is 2. The zero-order valence-electron chi connectivity index (χ0n) is 12.9. The van der Waals surface area contributed by atoms with Crippen LogP contribution >= 0.6 is 0 Å². The fourth-order valence-corrected chi connectivity index (χ4v) is 2.21. The molecule has 0 aromatic heterocycles.